The number of ether oxygens (including phenoxy) is 2. The lowest BCUT2D eigenvalue weighted by molar-refractivity contribution is 0.105. The Kier molecular flexibility index (Phi) is 7.26. The van der Waals surface area contributed by atoms with Gasteiger partial charge in [0.2, 0.25) is 0 Å². The van der Waals surface area contributed by atoms with Crippen LogP contribution in [0.25, 0.3) is 0 Å². The fourth-order valence-corrected chi connectivity index (χ4v) is 1.34. The number of benzene rings is 1. The third-order valence-electron chi connectivity index (χ3n) is 2.02. The van der Waals surface area contributed by atoms with Crippen LogP contribution in [0.2, 0.25) is 0 Å². The molecule has 1 rings (SSSR count). The minimum Gasteiger partial charge on any atom is -0.377 e. The van der Waals surface area contributed by atoms with Crippen molar-refractivity contribution in [3.63, 3.8) is 0 Å². The number of halogens is 1. The van der Waals surface area contributed by atoms with E-state index in [9.17, 15) is 0 Å². The lowest BCUT2D eigenvalue weighted by atomic mass is 10.2. The summed E-state index contributed by atoms with van der Waals surface area (Å²) in [5, 5.41) is 0. The van der Waals surface area contributed by atoms with Crippen molar-refractivity contribution < 1.29 is 9.47 Å². The van der Waals surface area contributed by atoms with Crippen molar-refractivity contribution in [3.8, 4) is 0 Å². The van der Waals surface area contributed by atoms with Gasteiger partial charge in [-0.3, -0.25) is 0 Å². The number of alkyl halides is 1. The molecule has 0 fully saturated rings. The summed E-state index contributed by atoms with van der Waals surface area (Å²) in [6.07, 6.45) is 2.02. The van der Waals surface area contributed by atoms with E-state index in [1.165, 1.54) is 5.56 Å². The molecule has 0 N–H and O–H groups in total. The van der Waals surface area contributed by atoms with Crippen LogP contribution in [-0.4, -0.2) is 19.3 Å². The molecule has 1 aromatic rings. The van der Waals surface area contributed by atoms with Crippen molar-refractivity contribution in [2.24, 2.45) is 0 Å². The van der Waals surface area contributed by atoms with E-state index in [1.54, 1.807) is 0 Å². The summed E-state index contributed by atoms with van der Waals surface area (Å²) in [4.78, 5) is 0. The number of hydrogen-bond acceptors (Lipinski definition) is 2. The van der Waals surface area contributed by atoms with Gasteiger partial charge in [0.25, 0.3) is 0 Å². The molecule has 0 radical (unpaired) electrons. The Balaban J connectivity index is 1.93. The summed E-state index contributed by atoms with van der Waals surface area (Å²) in [5.41, 5.74) is 1.22. The maximum Gasteiger partial charge on any atom is 0.120 e. The van der Waals surface area contributed by atoms with Gasteiger partial charge in [-0.2, -0.15) is 0 Å². The Morgan fingerprint density at radius 2 is 1.60 bits per heavy atom. The molecule has 0 spiro atoms. The van der Waals surface area contributed by atoms with E-state index >= 15 is 0 Å². The van der Waals surface area contributed by atoms with Crippen LogP contribution in [0.3, 0.4) is 0 Å². The van der Waals surface area contributed by atoms with Crippen LogP contribution in [0, 0.1) is 0 Å². The first-order valence-corrected chi connectivity index (χ1v) is 5.72. The van der Waals surface area contributed by atoms with Crippen molar-refractivity contribution in [2.45, 2.75) is 19.4 Å². The highest BCUT2D eigenvalue weighted by molar-refractivity contribution is 6.17. The second-order valence-electron chi connectivity index (χ2n) is 3.26. The number of unbranched alkanes of at least 4 members (excludes halogenated alkanes) is 1. The van der Waals surface area contributed by atoms with E-state index in [-0.39, 0.29) is 6.07 Å². The third kappa shape index (κ3) is 6.50. The van der Waals surface area contributed by atoms with Crippen LogP contribution in [-0.2, 0) is 16.1 Å². The fourth-order valence-electron chi connectivity index (χ4n) is 1.23. The summed E-state index contributed by atoms with van der Waals surface area (Å²) < 4.78 is 10.5. The molecule has 0 heterocycles. The van der Waals surface area contributed by atoms with E-state index in [2.05, 4.69) is 12.1 Å². The first kappa shape index (κ1) is 12.5. The zero-order valence-corrected chi connectivity index (χ0v) is 9.58. The van der Waals surface area contributed by atoms with Gasteiger partial charge in [-0.25, -0.2) is 0 Å². The van der Waals surface area contributed by atoms with Gasteiger partial charge in [0.05, 0.1) is 6.61 Å². The van der Waals surface area contributed by atoms with Gasteiger partial charge in [0.1, 0.15) is 6.07 Å². The van der Waals surface area contributed by atoms with Gasteiger partial charge < -0.3 is 9.47 Å². The minimum absolute atomic E-state index is 0.283. The van der Waals surface area contributed by atoms with Crippen LogP contribution in [0.5, 0.6) is 0 Å². The molecule has 84 valence electrons. The maximum atomic E-state index is 5.51. The second-order valence-corrected chi connectivity index (χ2v) is 3.48. The summed E-state index contributed by atoms with van der Waals surface area (Å²) in [7, 11) is 0. The molecule has 0 atom stereocenters. The smallest absolute Gasteiger partial charge is 0.120 e. The van der Waals surface area contributed by atoms with Crippen LogP contribution in [0.1, 0.15) is 18.4 Å². The molecular formula is C12H17ClO2. The van der Waals surface area contributed by atoms with Gasteiger partial charge in [-0.05, 0) is 18.4 Å². The largest absolute Gasteiger partial charge is 0.377 e. The Morgan fingerprint density at radius 3 is 2.27 bits per heavy atom. The van der Waals surface area contributed by atoms with Gasteiger partial charge >= 0.3 is 0 Å². The third-order valence-corrected chi connectivity index (χ3v) is 2.17. The SMILES string of the molecule is ClCOCCCCOCc1ccccc1. The highest BCUT2D eigenvalue weighted by Crippen LogP contribution is 2.01. The van der Waals surface area contributed by atoms with Crippen molar-refractivity contribution in [1.29, 1.82) is 0 Å². The van der Waals surface area contributed by atoms with Gasteiger partial charge in [-0.1, -0.05) is 41.9 Å². The van der Waals surface area contributed by atoms with E-state index in [0.717, 1.165) is 26.1 Å². The molecule has 0 aromatic heterocycles. The Labute approximate surface area is 96.2 Å². The molecule has 0 saturated heterocycles. The predicted molar refractivity (Wildman–Crippen MR) is 62.0 cm³/mol. The molecule has 0 bridgehead atoms. The monoisotopic (exact) mass is 228 g/mol. The van der Waals surface area contributed by atoms with Crippen LogP contribution < -0.4 is 0 Å². The van der Waals surface area contributed by atoms with E-state index in [4.69, 9.17) is 21.1 Å². The Bertz CT molecular complexity index is 239. The number of rotatable bonds is 8. The molecule has 0 saturated carbocycles. The van der Waals surface area contributed by atoms with Crippen molar-refractivity contribution >= 4 is 11.6 Å². The average Bonchev–Trinajstić information content (AvgIpc) is 2.29. The average molecular weight is 229 g/mol. The molecular weight excluding hydrogens is 212 g/mol. The summed E-state index contributed by atoms with van der Waals surface area (Å²) in [6.45, 7) is 2.19. The summed E-state index contributed by atoms with van der Waals surface area (Å²) >= 11 is 5.37. The van der Waals surface area contributed by atoms with Crippen LogP contribution >= 0.6 is 11.6 Å². The second kappa shape index (κ2) is 8.72. The van der Waals surface area contributed by atoms with Crippen molar-refractivity contribution in [1.82, 2.24) is 0 Å². The highest BCUT2D eigenvalue weighted by atomic mass is 35.5. The Hall–Kier alpha value is -0.570. The molecule has 2 nitrogen and oxygen atoms in total. The van der Waals surface area contributed by atoms with E-state index < -0.39 is 0 Å². The normalized spacial score (nSPS) is 10.5. The molecule has 15 heavy (non-hydrogen) atoms. The van der Waals surface area contributed by atoms with Crippen molar-refractivity contribution in [3.05, 3.63) is 35.9 Å². The molecule has 0 amide bonds. The highest BCUT2D eigenvalue weighted by Gasteiger charge is 1.92. The zero-order chi connectivity index (χ0) is 10.8. The van der Waals surface area contributed by atoms with Crippen LogP contribution in [0.4, 0.5) is 0 Å². The summed E-state index contributed by atoms with van der Waals surface area (Å²) in [5.74, 6) is 0. The molecule has 0 aliphatic heterocycles. The van der Waals surface area contributed by atoms with E-state index in [0.29, 0.717) is 6.61 Å². The van der Waals surface area contributed by atoms with Gasteiger partial charge in [0.15, 0.2) is 0 Å². The minimum atomic E-state index is 0.283. The standard InChI is InChI=1S/C12H17ClO2/c13-11-15-9-5-4-8-14-10-12-6-2-1-3-7-12/h1-3,6-7H,4-5,8-11H2. The maximum absolute atomic E-state index is 5.51. The van der Waals surface area contributed by atoms with Gasteiger partial charge in [0, 0.05) is 13.2 Å². The lowest BCUT2D eigenvalue weighted by Gasteiger charge is -2.04. The van der Waals surface area contributed by atoms with Crippen molar-refractivity contribution in [2.75, 3.05) is 19.3 Å². The zero-order valence-electron chi connectivity index (χ0n) is 8.82. The fraction of sp³-hybridized carbons (Fsp3) is 0.500. The summed E-state index contributed by atoms with van der Waals surface area (Å²) in [6, 6.07) is 10.5. The molecule has 1 aromatic carbocycles. The predicted octanol–water partition coefficient (Wildman–Crippen LogP) is 3.20. The topological polar surface area (TPSA) is 18.5 Å². The Morgan fingerprint density at radius 1 is 0.933 bits per heavy atom. The first-order valence-electron chi connectivity index (χ1n) is 5.19. The lowest BCUT2D eigenvalue weighted by Crippen LogP contribution is -1.98. The molecule has 0 aliphatic carbocycles. The van der Waals surface area contributed by atoms with Crippen LogP contribution in [0.15, 0.2) is 30.3 Å². The molecule has 3 heteroatoms. The van der Waals surface area contributed by atoms with E-state index in [1.807, 2.05) is 18.2 Å². The first-order chi connectivity index (χ1) is 7.43. The quantitative estimate of drug-likeness (QED) is 0.503. The molecule has 0 aliphatic rings. The molecule has 0 unspecified atom stereocenters. The number of hydrogen-bond donors (Lipinski definition) is 0. The van der Waals surface area contributed by atoms with Gasteiger partial charge in [-0.15, -0.1) is 0 Å².